The van der Waals surface area contributed by atoms with Crippen molar-refractivity contribution in [1.29, 1.82) is 0 Å². The number of nitrogens with one attached hydrogen (secondary N) is 1. The number of fused-ring (bicyclic) bond motifs is 2. The van der Waals surface area contributed by atoms with Gasteiger partial charge in [0.05, 0.1) is 4.90 Å². The zero-order chi connectivity index (χ0) is 20.0. The van der Waals surface area contributed by atoms with Crippen molar-refractivity contribution in [2.45, 2.75) is 30.6 Å². The summed E-state index contributed by atoms with van der Waals surface area (Å²) in [7, 11) is -4.21. The van der Waals surface area contributed by atoms with Crippen molar-refractivity contribution in [2.75, 3.05) is 6.54 Å². The van der Waals surface area contributed by atoms with Crippen LogP contribution in [0.4, 0.5) is 4.79 Å². The van der Waals surface area contributed by atoms with Crippen LogP contribution in [0.1, 0.15) is 17.5 Å². The first-order valence-corrected chi connectivity index (χ1v) is 9.98. The van der Waals surface area contributed by atoms with E-state index in [2.05, 4.69) is 5.32 Å². The molecule has 1 N–H and O–H groups in total. The Kier molecular flexibility index (Phi) is 6.27. The van der Waals surface area contributed by atoms with Gasteiger partial charge in [-0.2, -0.15) is 8.42 Å². The van der Waals surface area contributed by atoms with Crippen molar-refractivity contribution in [3.63, 3.8) is 0 Å². The van der Waals surface area contributed by atoms with E-state index in [0.717, 1.165) is 5.56 Å². The molecule has 0 radical (unpaired) electrons. The Labute approximate surface area is 162 Å². The zero-order valence-electron chi connectivity index (χ0n) is 14.9. The fraction of sp³-hybridized carbons (Fsp3) is 0.263. The summed E-state index contributed by atoms with van der Waals surface area (Å²) in [4.78, 5) is 24.0. The van der Waals surface area contributed by atoms with E-state index < -0.39 is 28.3 Å². The largest absolute Gasteiger partial charge is 0.459 e. The summed E-state index contributed by atoms with van der Waals surface area (Å²) in [5.41, 5.74) is 1.23. The van der Waals surface area contributed by atoms with Crippen LogP contribution in [0.2, 0.25) is 0 Å². The van der Waals surface area contributed by atoms with E-state index in [0.29, 0.717) is 5.56 Å². The van der Waals surface area contributed by atoms with E-state index in [1.807, 2.05) is 6.07 Å². The maximum atomic E-state index is 12.6. The second-order valence-corrected chi connectivity index (χ2v) is 7.64. The van der Waals surface area contributed by atoms with Gasteiger partial charge in [-0.25, -0.2) is 9.59 Å². The number of esters is 1. The molecule has 0 saturated carbocycles. The van der Waals surface area contributed by atoms with Gasteiger partial charge in [0.2, 0.25) is 0 Å². The second kappa shape index (κ2) is 8.85. The molecule has 2 aromatic carbocycles. The minimum atomic E-state index is -4.21. The molecule has 9 heteroatoms. The highest BCUT2D eigenvalue weighted by Crippen LogP contribution is 2.19. The Hall–Kier alpha value is -2.91. The molecule has 3 rings (SSSR count). The van der Waals surface area contributed by atoms with Crippen molar-refractivity contribution < 1.29 is 31.7 Å². The van der Waals surface area contributed by atoms with Gasteiger partial charge in [0.15, 0.2) is 6.10 Å². The molecular weight excluding hydrogens is 386 g/mol. The van der Waals surface area contributed by atoms with E-state index in [-0.39, 0.29) is 31.1 Å². The summed E-state index contributed by atoms with van der Waals surface area (Å²) in [5.74, 6) is -0.837. The molecule has 8 nitrogen and oxygen atoms in total. The number of carbonyl (C=O) groups is 2. The molecule has 0 fully saturated rings. The molecule has 0 spiro atoms. The van der Waals surface area contributed by atoms with E-state index in [4.69, 9.17) is 13.7 Å². The molecule has 1 amide bonds. The van der Waals surface area contributed by atoms with Crippen LogP contribution in [0.25, 0.3) is 0 Å². The minimum Gasteiger partial charge on any atom is -0.459 e. The van der Waals surface area contributed by atoms with Gasteiger partial charge >= 0.3 is 12.1 Å². The third kappa shape index (κ3) is 5.30. The molecule has 28 heavy (non-hydrogen) atoms. The molecule has 2 bridgehead atoms. The normalized spacial score (nSPS) is 19.3. The third-order valence-corrected chi connectivity index (χ3v) is 5.28. The highest BCUT2D eigenvalue weighted by molar-refractivity contribution is 7.86. The average molecular weight is 405 g/mol. The lowest BCUT2D eigenvalue weighted by Crippen LogP contribution is -2.35. The number of hydrogen-bond acceptors (Lipinski definition) is 7. The van der Waals surface area contributed by atoms with Crippen LogP contribution >= 0.6 is 0 Å². The predicted octanol–water partition coefficient (Wildman–Crippen LogP) is 2.13. The van der Waals surface area contributed by atoms with Crippen molar-refractivity contribution in [3.05, 3.63) is 65.7 Å². The monoisotopic (exact) mass is 405 g/mol. The van der Waals surface area contributed by atoms with Gasteiger partial charge in [-0.15, -0.1) is 0 Å². The third-order valence-electron chi connectivity index (χ3n) is 3.96. The van der Waals surface area contributed by atoms with Crippen LogP contribution in [-0.4, -0.2) is 33.1 Å². The van der Waals surface area contributed by atoms with E-state index >= 15 is 0 Å². The predicted molar refractivity (Wildman–Crippen MR) is 97.5 cm³/mol. The number of rotatable bonds is 3. The maximum absolute atomic E-state index is 12.6. The molecule has 0 saturated heterocycles. The molecule has 0 aliphatic carbocycles. The van der Waals surface area contributed by atoms with Crippen molar-refractivity contribution in [1.82, 2.24) is 5.32 Å². The van der Waals surface area contributed by atoms with Gasteiger partial charge in [0.25, 0.3) is 10.1 Å². The van der Waals surface area contributed by atoms with Crippen molar-refractivity contribution in [3.8, 4) is 0 Å². The first-order valence-electron chi connectivity index (χ1n) is 8.57. The fourth-order valence-corrected chi connectivity index (χ4v) is 3.66. The molecule has 1 heterocycles. The zero-order valence-corrected chi connectivity index (χ0v) is 15.7. The molecule has 2 aromatic rings. The molecule has 148 valence electrons. The molecule has 0 aromatic heterocycles. The SMILES string of the molecule is O=C1NCCC(C(=O)OCc2ccccc2)OS(=O)(=O)c2cccc(c2)CO1. The lowest BCUT2D eigenvalue weighted by Gasteiger charge is -2.18. The summed E-state index contributed by atoms with van der Waals surface area (Å²) < 4.78 is 40.5. The number of ether oxygens (including phenoxy) is 2. The number of amides is 1. The quantitative estimate of drug-likeness (QED) is 0.616. The van der Waals surface area contributed by atoms with E-state index in [9.17, 15) is 18.0 Å². The van der Waals surface area contributed by atoms with Crippen molar-refractivity contribution >= 4 is 22.2 Å². The number of benzene rings is 2. The lowest BCUT2D eigenvalue weighted by atomic mass is 10.2. The standard InChI is InChI=1S/C19H19NO7S/c21-18(25-12-14-5-2-1-3-6-14)17-9-10-20-19(22)26-13-15-7-4-8-16(11-15)28(23,24)27-17/h1-8,11,17H,9-10,12-13H2,(H,20,22). The van der Waals surface area contributed by atoms with Crippen LogP contribution in [0.15, 0.2) is 59.5 Å². The van der Waals surface area contributed by atoms with Crippen LogP contribution in [0.5, 0.6) is 0 Å². The van der Waals surface area contributed by atoms with Gasteiger partial charge in [-0.1, -0.05) is 42.5 Å². The lowest BCUT2D eigenvalue weighted by molar-refractivity contribution is -0.153. The first-order chi connectivity index (χ1) is 13.4. The molecule has 1 aliphatic rings. The summed E-state index contributed by atoms with van der Waals surface area (Å²) in [5, 5.41) is 2.45. The number of alkyl carbamates (subject to hydrolysis) is 1. The van der Waals surface area contributed by atoms with Crippen LogP contribution in [0.3, 0.4) is 0 Å². The Morgan fingerprint density at radius 1 is 1.14 bits per heavy atom. The summed E-state index contributed by atoms with van der Waals surface area (Å²) in [6.07, 6.45) is -2.18. The topological polar surface area (TPSA) is 108 Å². The van der Waals surface area contributed by atoms with Crippen LogP contribution in [-0.2, 0) is 41.8 Å². The molecular formula is C19H19NO7S. The molecule has 1 aliphatic heterocycles. The highest BCUT2D eigenvalue weighted by Gasteiger charge is 2.29. The van der Waals surface area contributed by atoms with Gasteiger partial charge in [0.1, 0.15) is 13.2 Å². The molecule has 1 unspecified atom stereocenters. The second-order valence-electron chi connectivity index (χ2n) is 6.07. The summed E-state index contributed by atoms with van der Waals surface area (Å²) >= 11 is 0. The molecule has 1 atom stereocenters. The van der Waals surface area contributed by atoms with Crippen molar-refractivity contribution in [2.24, 2.45) is 0 Å². The summed E-state index contributed by atoms with van der Waals surface area (Å²) in [6.45, 7) is -0.129. The Morgan fingerprint density at radius 3 is 2.71 bits per heavy atom. The minimum absolute atomic E-state index is 0.0204. The smallest absolute Gasteiger partial charge is 0.407 e. The number of carbonyl (C=O) groups excluding carboxylic acids is 2. The van der Waals surface area contributed by atoms with Gasteiger partial charge in [-0.05, 0) is 23.3 Å². The van der Waals surface area contributed by atoms with Gasteiger partial charge in [-0.3, -0.25) is 4.18 Å². The van der Waals surface area contributed by atoms with E-state index in [1.54, 1.807) is 30.3 Å². The number of hydrogen-bond donors (Lipinski definition) is 1. The van der Waals surface area contributed by atoms with Gasteiger partial charge in [0, 0.05) is 13.0 Å². The van der Waals surface area contributed by atoms with Crippen LogP contribution in [0, 0.1) is 0 Å². The highest BCUT2D eigenvalue weighted by atomic mass is 32.2. The Morgan fingerprint density at radius 2 is 1.93 bits per heavy atom. The fourth-order valence-electron chi connectivity index (χ4n) is 2.53. The maximum Gasteiger partial charge on any atom is 0.407 e. The van der Waals surface area contributed by atoms with Gasteiger partial charge < -0.3 is 14.8 Å². The Balaban J connectivity index is 1.79. The Bertz CT molecular complexity index is 944. The van der Waals surface area contributed by atoms with Crippen LogP contribution < -0.4 is 5.32 Å². The average Bonchev–Trinajstić information content (AvgIpc) is 2.70. The first kappa shape index (κ1) is 19.8. The number of cyclic esters (lactones) is 1. The van der Waals surface area contributed by atoms with E-state index in [1.165, 1.54) is 18.2 Å². The summed E-state index contributed by atoms with van der Waals surface area (Å²) in [6, 6.07) is 14.8.